The molecule has 0 spiro atoms. The minimum atomic E-state index is 0.435. The van der Waals surface area contributed by atoms with E-state index in [1.165, 1.54) is 7.11 Å². The van der Waals surface area contributed by atoms with E-state index in [2.05, 4.69) is 4.98 Å². The SMILES string of the molecule is COc1ccc(C)c(C=O)n1. The van der Waals surface area contributed by atoms with Crippen molar-refractivity contribution in [3.05, 3.63) is 23.4 Å². The standard InChI is InChI=1S/C8H9NO2/c1-6-3-4-8(11-2)9-7(6)5-10/h3-5H,1-2H3. The number of carbonyl (C=O) groups excluding carboxylic acids is 1. The van der Waals surface area contributed by atoms with Crippen LogP contribution in [0.4, 0.5) is 0 Å². The van der Waals surface area contributed by atoms with Crippen LogP contribution in [0.15, 0.2) is 12.1 Å². The van der Waals surface area contributed by atoms with Crippen LogP contribution in [0.5, 0.6) is 5.88 Å². The number of pyridine rings is 1. The van der Waals surface area contributed by atoms with Crippen molar-refractivity contribution in [3.8, 4) is 5.88 Å². The summed E-state index contributed by atoms with van der Waals surface area (Å²) in [6.07, 6.45) is 0.720. The lowest BCUT2D eigenvalue weighted by Gasteiger charge is -2.00. The number of carbonyl (C=O) groups is 1. The lowest BCUT2D eigenvalue weighted by Crippen LogP contribution is -1.94. The molecule has 0 aliphatic rings. The molecule has 1 heterocycles. The monoisotopic (exact) mass is 151 g/mol. The number of ether oxygens (including phenoxy) is 1. The quantitative estimate of drug-likeness (QED) is 0.596. The maximum absolute atomic E-state index is 10.4. The van der Waals surface area contributed by atoms with Crippen LogP contribution in [-0.2, 0) is 0 Å². The number of hydrogen-bond donors (Lipinski definition) is 0. The molecule has 0 aliphatic carbocycles. The summed E-state index contributed by atoms with van der Waals surface area (Å²) in [5.74, 6) is 0.470. The topological polar surface area (TPSA) is 39.2 Å². The summed E-state index contributed by atoms with van der Waals surface area (Å²) in [5.41, 5.74) is 1.30. The van der Waals surface area contributed by atoms with Gasteiger partial charge in [-0.3, -0.25) is 4.79 Å². The van der Waals surface area contributed by atoms with Crippen LogP contribution < -0.4 is 4.74 Å². The molecule has 1 aromatic rings. The Balaban J connectivity index is 3.12. The largest absolute Gasteiger partial charge is 0.481 e. The summed E-state index contributed by atoms with van der Waals surface area (Å²) in [6.45, 7) is 1.83. The average Bonchev–Trinajstić information content (AvgIpc) is 2.05. The highest BCUT2D eigenvalue weighted by molar-refractivity contribution is 5.74. The van der Waals surface area contributed by atoms with Crippen molar-refractivity contribution in [2.75, 3.05) is 7.11 Å². The highest BCUT2D eigenvalue weighted by Gasteiger charge is 1.99. The van der Waals surface area contributed by atoms with Gasteiger partial charge in [0.15, 0.2) is 6.29 Å². The Kier molecular flexibility index (Phi) is 2.21. The molecule has 0 unspecified atom stereocenters. The number of hydrogen-bond acceptors (Lipinski definition) is 3. The van der Waals surface area contributed by atoms with Gasteiger partial charge in [-0.15, -0.1) is 0 Å². The van der Waals surface area contributed by atoms with E-state index in [4.69, 9.17) is 4.74 Å². The molecule has 0 fully saturated rings. The van der Waals surface area contributed by atoms with Gasteiger partial charge in [-0.2, -0.15) is 0 Å². The van der Waals surface area contributed by atoms with E-state index in [-0.39, 0.29) is 0 Å². The molecule has 1 aromatic heterocycles. The zero-order valence-corrected chi connectivity index (χ0v) is 6.50. The van der Waals surface area contributed by atoms with Crippen molar-refractivity contribution >= 4 is 6.29 Å². The summed E-state index contributed by atoms with van der Waals surface area (Å²) in [4.78, 5) is 14.3. The number of aryl methyl sites for hydroxylation is 1. The van der Waals surface area contributed by atoms with Gasteiger partial charge in [-0.05, 0) is 12.5 Å². The van der Waals surface area contributed by atoms with Crippen molar-refractivity contribution < 1.29 is 9.53 Å². The van der Waals surface area contributed by atoms with Crippen molar-refractivity contribution in [1.29, 1.82) is 0 Å². The highest BCUT2D eigenvalue weighted by atomic mass is 16.5. The van der Waals surface area contributed by atoms with Crippen LogP contribution in [0.1, 0.15) is 16.1 Å². The smallest absolute Gasteiger partial charge is 0.213 e. The summed E-state index contributed by atoms with van der Waals surface area (Å²) in [7, 11) is 1.52. The molecule has 0 aromatic carbocycles. The first kappa shape index (κ1) is 7.72. The van der Waals surface area contributed by atoms with Gasteiger partial charge in [0, 0.05) is 6.07 Å². The number of methoxy groups -OCH3 is 1. The normalized spacial score (nSPS) is 9.27. The molecular weight excluding hydrogens is 142 g/mol. The first-order valence-corrected chi connectivity index (χ1v) is 3.24. The van der Waals surface area contributed by atoms with E-state index < -0.39 is 0 Å². The van der Waals surface area contributed by atoms with Crippen LogP contribution in [-0.4, -0.2) is 18.4 Å². The lowest BCUT2D eigenvalue weighted by molar-refractivity contribution is 0.111. The van der Waals surface area contributed by atoms with E-state index in [1.54, 1.807) is 12.1 Å². The second kappa shape index (κ2) is 3.14. The van der Waals surface area contributed by atoms with Crippen LogP contribution in [0.2, 0.25) is 0 Å². The first-order valence-electron chi connectivity index (χ1n) is 3.24. The van der Waals surface area contributed by atoms with Gasteiger partial charge >= 0.3 is 0 Å². The van der Waals surface area contributed by atoms with Crippen molar-refractivity contribution in [1.82, 2.24) is 4.98 Å². The zero-order valence-electron chi connectivity index (χ0n) is 6.50. The number of aldehydes is 1. The molecule has 0 saturated carbocycles. The second-order valence-corrected chi connectivity index (χ2v) is 2.17. The summed E-state index contributed by atoms with van der Waals surface area (Å²) >= 11 is 0. The fourth-order valence-corrected chi connectivity index (χ4v) is 0.759. The van der Waals surface area contributed by atoms with Gasteiger partial charge in [0.2, 0.25) is 5.88 Å². The first-order chi connectivity index (χ1) is 5.27. The maximum Gasteiger partial charge on any atom is 0.213 e. The Morgan fingerprint density at radius 2 is 2.27 bits per heavy atom. The molecule has 0 amide bonds. The van der Waals surface area contributed by atoms with Crippen LogP contribution >= 0.6 is 0 Å². The van der Waals surface area contributed by atoms with Gasteiger partial charge < -0.3 is 4.74 Å². The molecule has 11 heavy (non-hydrogen) atoms. The fourth-order valence-electron chi connectivity index (χ4n) is 0.759. The Morgan fingerprint density at radius 1 is 1.55 bits per heavy atom. The van der Waals surface area contributed by atoms with E-state index in [1.807, 2.05) is 6.92 Å². The number of aromatic nitrogens is 1. The van der Waals surface area contributed by atoms with E-state index in [9.17, 15) is 4.79 Å². The minimum absolute atomic E-state index is 0.435. The molecule has 0 radical (unpaired) electrons. The third-order valence-corrected chi connectivity index (χ3v) is 1.43. The van der Waals surface area contributed by atoms with E-state index >= 15 is 0 Å². The molecule has 0 atom stereocenters. The third kappa shape index (κ3) is 1.55. The van der Waals surface area contributed by atoms with Gasteiger partial charge in [0.1, 0.15) is 5.69 Å². The predicted molar refractivity (Wildman–Crippen MR) is 40.9 cm³/mol. The zero-order chi connectivity index (χ0) is 8.27. The summed E-state index contributed by atoms with van der Waals surface area (Å²) in [5, 5.41) is 0. The molecule has 3 heteroatoms. The lowest BCUT2D eigenvalue weighted by atomic mass is 10.2. The molecule has 1 rings (SSSR count). The predicted octanol–water partition coefficient (Wildman–Crippen LogP) is 1.21. The Labute approximate surface area is 65.0 Å². The van der Waals surface area contributed by atoms with Gasteiger partial charge in [0.25, 0.3) is 0 Å². The second-order valence-electron chi connectivity index (χ2n) is 2.17. The molecular formula is C8H9NO2. The van der Waals surface area contributed by atoms with Gasteiger partial charge in [0.05, 0.1) is 7.11 Å². The van der Waals surface area contributed by atoms with Crippen molar-refractivity contribution in [2.45, 2.75) is 6.92 Å². The van der Waals surface area contributed by atoms with Crippen LogP contribution in [0.3, 0.4) is 0 Å². The Hall–Kier alpha value is -1.38. The van der Waals surface area contributed by atoms with E-state index in [0.29, 0.717) is 11.6 Å². The molecule has 0 N–H and O–H groups in total. The number of rotatable bonds is 2. The van der Waals surface area contributed by atoms with Gasteiger partial charge in [-0.25, -0.2) is 4.98 Å². The summed E-state index contributed by atoms with van der Waals surface area (Å²) < 4.78 is 4.84. The highest BCUT2D eigenvalue weighted by Crippen LogP contribution is 2.09. The fraction of sp³-hybridized carbons (Fsp3) is 0.250. The number of nitrogens with zero attached hydrogens (tertiary/aromatic N) is 1. The average molecular weight is 151 g/mol. The van der Waals surface area contributed by atoms with Crippen LogP contribution in [0.25, 0.3) is 0 Å². The molecule has 0 aliphatic heterocycles. The summed E-state index contributed by atoms with van der Waals surface area (Å²) in [6, 6.07) is 3.53. The maximum atomic E-state index is 10.4. The molecule has 0 saturated heterocycles. The van der Waals surface area contributed by atoms with Crippen molar-refractivity contribution in [2.24, 2.45) is 0 Å². The third-order valence-electron chi connectivity index (χ3n) is 1.43. The molecule has 3 nitrogen and oxygen atoms in total. The minimum Gasteiger partial charge on any atom is -0.481 e. The molecule has 58 valence electrons. The molecule has 0 bridgehead atoms. The Bertz CT molecular complexity index is 271. The van der Waals surface area contributed by atoms with Crippen LogP contribution in [0, 0.1) is 6.92 Å². The van der Waals surface area contributed by atoms with Crippen molar-refractivity contribution in [3.63, 3.8) is 0 Å². The van der Waals surface area contributed by atoms with Gasteiger partial charge in [-0.1, -0.05) is 6.07 Å². The van der Waals surface area contributed by atoms with E-state index in [0.717, 1.165) is 11.8 Å². The Morgan fingerprint density at radius 3 is 2.82 bits per heavy atom.